The molecule has 6 heteroatoms. The Morgan fingerprint density at radius 1 is 1.08 bits per heavy atom. The van der Waals surface area contributed by atoms with Crippen LogP contribution in [0.4, 0.5) is 0 Å². The summed E-state index contributed by atoms with van der Waals surface area (Å²) in [5.74, 6) is 1.82. The van der Waals surface area contributed by atoms with Crippen LogP contribution in [0.5, 0.6) is 5.75 Å². The van der Waals surface area contributed by atoms with Crippen LogP contribution >= 0.6 is 0 Å². The van der Waals surface area contributed by atoms with Gasteiger partial charge in [0.05, 0.1) is 6.04 Å². The summed E-state index contributed by atoms with van der Waals surface area (Å²) in [7, 11) is 0. The monoisotopic (exact) mass is 488 g/mol. The van der Waals surface area contributed by atoms with Crippen molar-refractivity contribution in [2.45, 2.75) is 53.7 Å². The van der Waals surface area contributed by atoms with Crippen molar-refractivity contribution in [1.82, 2.24) is 10.2 Å². The van der Waals surface area contributed by atoms with E-state index in [0.29, 0.717) is 30.5 Å². The highest BCUT2D eigenvalue weighted by Crippen LogP contribution is 2.39. The minimum Gasteiger partial charge on any atom is -0.486 e. The molecule has 2 amide bonds. The van der Waals surface area contributed by atoms with Crippen molar-refractivity contribution in [3.05, 3.63) is 88.9 Å². The predicted octanol–water partition coefficient (Wildman–Crippen LogP) is 5.76. The molecule has 1 aliphatic rings. The first kappa shape index (κ1) is 25.5. The first-order valence-corrected chi connectivity index (χ1v) is 12.6. The van der Waals surface area contributed by atoms with E-state index in [0.717, 1.165) is 17.5 Å². The van der Waals surface area contributed by atoms with Gasteiger partial charge in [0.15, 0.2) is 5.76 Å². The molecule has 3 aromatic rings. The quantitative estimate of drug-likeness (QED) is 0.459. The summed E-state index contributed by atoms with van der Waals surface area (Å²) in [6.07, 6.45) is 0.799. The molecule has 1 unspecified atom stereocenters. The highest BCUT2D eigenvalue weighted by atomic mass is 16.5. The Kier molecular flexibility index (Phi) is 7.53. The Bertz CT molecular complexity index is 1210. The minimum atomic E-state index is -0.475. The van der Waals surface area contributed by atoms with E-state index in [1.165, 1.54) is 5.56 Å². The van der Waals surface area contributed by atoms with Crippen molar-refractivity contribution in [2.75, 3.05) is 13.1 Å². The highest BCUT2D eigenvalue weighted by Gasteiger charge is 2.37. The zero-order chi connectivity index (χ0) is 25.9. The molecule has 1 N–H and O–H groups in total. The summed E-state index contributed by atoms with van der Waals surface area (Å²) >= 11 is 0. The molecule has 0 spiro atoms. The molecular weight excluding hydrogens is 452 g/mol. The third kappa shape index (κ3) is 5.81. The summed E-state index contributed by atoms with van der Waals surface area (Å²) in [4.78, 5) is 27.6. The normalized spacial score (nSPS) is 15.5. The number of fused-ring (bicyclic) bond motifs is 1. The molecule has 1 aromatic heterocycles. The highest BCUT2D eigenvalue weighted by molar-refractivity contribution is 5.91. The number of carbonyl (C=O) groups excluding carboxylic acids is 2. The van der Waals surface area contributed by atoms with E-state index < -0.39 is 5.41 Å². The van der Waals surface area contributed by atoms with E-state index in [1.807, 2.05) is 69.9 Å². The van der Waals surface area contributed by atoms with E-state index in [1.54, 1.807) is 12.1 Å². The summed E-state index contributed by atoms with van der Waals surface area (Å²) < 4.78 is 11.8. The fourth-order valence-corrected chi connectivity index (χ4v) is 4.44. The smallest absolute Gasteiger partial charge is 0.287 e. The van der Waals surface area contributed by atoms with Gasteiger partial charge in [-0.25, -0.2) is 0 Å². The molecule has 0 bridgehead atoms. The van der Waals surface area contributed by atoms with Crippen LogP contribution in [0, 0.1) is 11.3 Å². The van der Waals surface area contributed by atoms with Gasteiger partial charge < -0.3 is 19.4 Å². The number of furan rings is 1. The molecule has 0 aliphatic carbocycles. The summed E-state index contributed by atoms with van der Waals surface area (Å²) in [5, 5.41) is 2.86. The third-order valence-electron chi connectivity index (χ3n) is 6.30. The number of rotatable bonds is 7. The van der Waals surface area contributed by atoms with Gasteiger partial charge in [0.2, 0.25) is 5.91 Å². The lowest BCUT2D eigenvalue weighted by Gasteiger charge is -2.41. The minimum absolute atomic E-state index is 0.132. The first-order valence-electron chi connectivity index (χ1n) is 12.6. The van der Waals surface area contributed by atoms with E-state index >= 15 is 0 Å². The topological polar surface area (TPSA) is 71.8 Å². The van der Waals surface area contributed by atoms with Crippen LogP contribution in [0.2, 0.25) is 0 Å². The average Bonchev–Trinajstić information content (AvgIpc) is 3.34. The van der Waals surface area contributed by atoms with E-state index in [9.17, 15) is 9.59 Å². The van der Waals surface area contributed by atoms with Crippen molar-refractivity contribution >= 4 is 11.8 Å². The van der Waals surface area contributed by atoms with E-state index in [2.05, 4.69) is 23.5 Å². The molecule has 4 rings (SSSR count). The molecular formula is C30H36N2O4. The average molecular weight is 489 g/mol. The lowest BCUT2D eigenvalue weighted by atomic mass is 9.85. The van der Waals surface area contributed by atoms with Crippen molar-refractivity contribution in [2.24, 2.45) is 11.3 Å². The second kappa shape index (κ2) is 10.6. The zero-order valence-electron chi connectivity index (χ0n) is 21.8. The van der Waals surface area contributed by atoms with Crippen LogP contribution in [0.3, 0.4) is 0 Å². The summed E-state index contributed by atoms with van der Waals surface area (Å²) in [5.41, 5.74) is 2.90. The number of nitrogens with zero attached hydrogens (tertiary/aromatic N) is 1. The fourth-order valence-electron chi connectivity index (χ4n) is 4.44. The van der Waals surface area contributed by atoms with Gasteiger partial charge in [-0.2, -0.15) is 0 Å². The SMILES string of the molecule is CC(C)CNC(=O)c1ccc(COc2ccc3c(c2)C(c2ccccc2)N(C(=O)C(C)(C)C)CC3)o1. The van der Waals surface area contributed by atoms with Gasteiger partial charge in [0.1, 0.15) is 18.1 Å². The lowest BCUT2D eigenvalue weighted by molar-refractivity contribution is -0.141. The fraction of sp³-hybridized carbons (Fsp3) is 0.400. The molecule has 0 radical (unpaired) electrons. The molecule has 190 valence electrons. The van der Waals surface area contributed by atoms with Gasteiger partial charge >= 0.3 is 0 Å². The largest absolute Gasteiger partial charge is 0.486 e. The van der Waals surface area contributed by atoms with Crippen molar-refractivity contribution in [3.63, 3.8) is 0 Å². The molecule has 1 aliphatic heterocycles. The molecule has 6 nitrogen and oxygen atoms in total. The number of carbonyl (C=O) groups is 2. The Labute approximate surface area is 213 Å². The number of hydrogen-bond acceptors (Lipinski definition) is 4. The van der Waals surface area contributed by atoms with Crippen LogP contribution in [0.25, 0.3) is 0 Å². The molecule has 2 heterocycles. The van der Waals surface area contributed by atoms with Crippen molar-refractivity contribution in [3.8, 4) is 5.75 Å². The van der Waals surface area contributed by atoms with E-state index in [4.69, 9.17) is 9.15 Å². The second-order valence-electron chi connectivity index (χ2n) is 10.8. The van der Waals surface area contributed by atoms with Gasteiger partial charge in [-0.15, -0.1) is 0 Å². The third-order valence-corrected chi connectivity index (χ3v) is 6.30. The molecule has 0 saturated heterocycles. The number of hydrogen-bond donors (Lipinski definition) is 1. The summed E-state index contributed by atoms with van der Waals surface area (Å²) in [6, 6.07) is 19.5. The Morgan fingerprint density at radius 2 is 1.83 bits per heavy atom. The van der Waals surface area contributed by atoms with Crippen molar-refractivity contribution in [1.29, 1.82) is 0 Å². The maximum atomic E-state index is 13.4. The van der Waals surface area contributed by atoms with Gasteiger partial charge in [0, 0.05) is 18.5 Å². The number of nitrogens with one attached hydrogen (secondary N) is 1. The van der Waals surface area contributed by atoms with Crippen LogP contribution in [-0.2, 0) is 17.8 Å². The Morgan fingerprint density at radius 3 is 2.53 bits per heavy atom. The zero-order valence-corrected chi connectivity index (χ0v) is 21.8. The predicted molar refractivity (Wildman–Crippen MR) is 140 cm³/mol. The maximum Gasteiger partial charge on any atom is 0.287 e. The molecule has 36 heavy (non-hydrogen) atoms. The van der Waals surface area contributed by atoms with Gasteiger partial charge in [-0.05, 0) is 53.3 Å². The number of amides is 2. The second-order valence-corrected chi connectivity index (χ2v) is 10.8. The molecule has 2 aromatic carbocycles. The van der Waals surface area contributed by atoms with Crippen LogP contribution in [0.15, 0.2) is 65.1 Å². The Balaban J connectivity index is 1.55. The van der Waals surface area contributed by atoms with Crippen molar-refractivity contribution < 1.29 is 18.7 Å². The first-order chi connectivity index (χ1) is 17.1. The standard InChI is InChI=1S/C30H36N2O4/c1-20(2)18-31-28(33)26-14-13-24(36-26)19-35-23-12-11-21-15-16-32(29(34)30(3,4)5)27(25(21)17-23)22-9-7-6-8-10-22/h6-14,17,20,27H,15-16,18-19H2,1-5H3,(H,31,33). The molecule has 0 fully saturated rings. The van der Waals surface area contributed by atoms with Gasteiger partial charge in [0.25, 0.3) is 5.91 Å². The van der Waals surface area contributed by atoms with Gasteiger partial charge in [-0.3, -0.25) is 9.59 Å². The molecule has 0 saturated carbocycles. The van der Waals surface area contributed by atoms with Crippen LogP contribution < -0.4 is 10.1 Å². The van der Waals surface area contributed by atoms with E-state index in [-0.39, 0.29) is 30.2 Å². The van der Waals surface area contributed by atoms with Crippen LogP contribution in [-0.4, -0.2) is 29.8 Å². The Hall–Kier alpha value is -3.54. The number of benzene rings is 2. The van der Waals surface area contributed by atoms with Gasteiger partial charge in [-0.1, -0.05) is 71.0 Å². The summed E-state index contributed by atoms with van der Waals surface area (Å²) in [6.45, 7) is 11.5. The maximum absolute atomic E-state index is 13.4. The van der Waals surface area contributed by atoms with Crippen LogP contribution in [0.1, 0.15) is 73.7 Å². The number of ether oxygens (including phenoxy) is 1. The lowest BCUT2D eigenvalue weighted by Crippen LogP contribution is -2.45. The molecule has 1 atom stereocenters.